The lowest BCUT2D eigenvalue weighted by atomic mass is 10.2. The highest BCUT2D eigenvalue weighted by atomic mass is 32.2. The van der Waals surface area contributed by atoms with Crippen LogP contribution in [-0.4, -0.2) is 47.5 Å². The summed E-state index contributed by atoms with van der Waals surface area (Å²) in [5, 5.41) is 17.5. The minimum atomic E-state index is -0.699. The first kappa shape index (κ1) is 12.7. The van der Waals surface area contributed by atoms with Crippen LogP contribution in [0.25, 0.3) is 0 Å². The van der Waals surface area contributed by atoms with Gasteiger partial charge in [0, 0.05) is 11.5 Å². The van der Waals surface area contributed by atoms with Crippen LogP contribution in [0.15, 0.2) is 0 Å². The summed E-state index contributed by atoms with van der Waals surface area (Å²) < 4.78 is 4.53. The number of thioether (sulfide) groups is 1. The lowest BCUT2D eigenvalue weighted by Gasteiger charge is -2.10. The molecule has 0 heterocycles. The Kier molecular flexibility index (Phi) is 7.03. The zero-order valence-electron chi connectivity index (χ0n) is 7.90. The number of esters is 1. The predicted molar refractivity (Wildman–Crippen MR) is 51.6 cm³/mol. The molecule has 0 radical (unpaired) electrons. The molecule has 0 aliphatic heterocycles. The Balaban J connectivity index is 3.47. The minimum Gasteiger partial charge on any atom is -0.469 e. The zero-order chi connectivity index (χ0) is 10.3. The lowest BCUT2D eigenvalue weighted by Crippen LogP contribution is -2.19. The summed E-state index contributed by atoms with van der Waals surface area (Å²) in [4.78, 5) is 10.9. The van der Waals surface area contributed by atoms with E-state index in [0.717, 1.165) is 0 Å². The third-order valence-electron chi connectivity index (χ3n) is 1.49. The van der Waals surface area contributed by atoms with E-state index in [1.165, 1.54) is 18.9 Å². The maximum absolute atomic E-state index is 10.9. The number of hydrogen-bond acceptors (Lipinski definition) is 5. The largest absolute Gasteiger partial charge is 0.469 e. The van der Waals surface area contributed by atoms with E-state index in [1.54, 1.807) is 6.92 Å². The summed E-state index contributed by atoms with van der Waals surface area (Å²) in [6, 6.07) is 0. The standard InChI is InChI=1S/C8H16O4S/c1-6(8(11)12-2)4-13-5-7(10)3-9/h6-7,9-10H,3-5H2,1-2H3/t6-,7+/m0/s1. The molecule has 0 amide bonds. The fourth-order valence-electron chi connectivity index (χ4n) is 0.703. The summed E-state index contributed by atoms with van der Waals surface area (Å²) in [7, 11) is 1.35. The number of aliphatic hydroxyl groups is 2. The highest BCUT2D eigenvalue weighted by Crippen LogP contribution is 2.10. The van der Waals surface area contributed by atoms with Crippen LogP contribution in [0.4, 0.5) is 0 Å². The molecule has 0 aromatic carbocycles. The van der Waals surface area contributed by atoms with Crippen molar-refractivity contribution in [3.05, 3.63) is 0 Å². The smallest absolute Gasteiger partial charge is 0.309 e. The van der Waals surface area contributed by atoms with Gasteiger partial charge in [-0.25, -0.2) is 0 Å². The van der Waals surface area contributed by atoms with Gasteiger partial charge in [0.15, 0.2) is 0 Å². The van der Waals surface area contributed by atoms with Crippen LogP contribution in [0.3, 0.4) is 0 Å². The Morgan fingerprint density at radius 2 is 2.15 bits per heavy atom. The van der Waals surface area contributed by atoms with Crippen LogP contribution < -0.4 is 0 Å². The highest BCUT2D eigenvalue weighted by molar-refractivity contribution is 7.99. The van der Waals surface area contributed by atoms with Gasteiger partial charge in [-0.05, 0) is 0 Å². The van der Waals surface area contributed by atoms with Crippen molar-refractivity contribution in [2.75, 3.05) is 25.2 Å². The molecule has 0 aliphatic rings. The number of hydrogen-bond donors (Lipinski definition) is 2. The Morgan fingerprint density at radius 3 is 2.62 bits per heavy atom. The first-order valence-electron chi connectivity index (χ1n) is 4.06. The summed E-state index contributed by atoms with van der Waals surface area (Å²) in [6.45, 7) is 1.53. The van der Waals surface area contributed by atoms with Crippen LogP contribution >= 0.6 is 11.8 Å². The maximum Gasteiger partial charge on any atom is 0.309 e. The van der Waals surface area contributed by atoms with Crippen molar-refractivity contribution in [3.63, 3.8) is 0 Å². The third kappa shape index (κ3) is 5.90. The maximum atomic E-state index is 10.9. The molecule has 0 aromatic rings. The second kappa shape index (κ2) is 7.17. The topological polar surface area (TPSA) is 66.8 Å². The summed E-state index contributed by atoms with van der Waals surface area (Å²) in [5.74, 6) is 0.633. The highest BCUT2D eigenvalue weighted by Gasteiger charge is 2.13. The average Bonchev–Trinajstić information content (AvgIpc) is 2.15. The van der Waals surface area contributed by atoms with Crippen LogP contribution in [0, 0.1) is 5.92 Å². The molecule has 0 rings (SSSR count). The molecular formula is C8H16O4S. The van der Waals surface area contributed by atoms with E-state index in [4.69, 9.17) is 10.2 Å². The molecule has 0 fully saturated rings. The number of carbonyl (C=O) groups excluding carboxylic acids is 1. The molecule has 2 N–H and O–H groups in total. The van der Waals surface area contributed by atoms with Gasteiger partial charge in [0.2, 0.25) is 0 Å². The zero-order valence-corrected chi connectivity index (χ0v) is 8.71. The molecule has 0 bridgehead atoms. The van der Waals surface area contributed by atoms with Crippen molar-refractivity contribution in [2.45, 2.75) is 13.0 Å². The monoisotopic (exact) mass is 208 g/mol. The van der Waals surface area contributed by atoms with E-state index in [0.29, 0.717) is 11.5 Å². The van der Waals surface area contributed by atoms with E-state index < -0.39 is 6.10 Å². The van der Waals surface area contributed by atoms with Crippen molar-refractivity contribution < 1.29 is 19.7 Å². The molecule has 0 saturated heterocycles. The van der Waals surface area contributed by atoms with Crippen molar-refractivity contribution in [3.8, 4) is 0 Å². The normalized spacial score (nSPS) is 15.1. The fraction of sp³-hybridized carbons (Fsp3) is 0.875. The molecule has 0 saturated carbocycles. The van der Waals surface area contributed by atoms with E-state index in [2.05, 4.69) is 4.74 Å². The number of carbonyl (C=O) groups is 1. The van der Waals surface area contributed by atoms with Gasteiger partial charge in [0.1, 0.15) is 0 Å². The molecule has 0 aliphatic carbocycles. The number of rotatable bonds is 6. The second-order valence-corrected chi connectivity index (χ2v) is 3.87. The van der Waals surface area contributed by atoms with Gasteiger partial charge < -0.3 is 14.9 Å². The third-order valence-corrected chi connectivity index (χ3v) is 2.85. The first-order chi connectivity index (χ1) is 6.11. The Bertz CT molecular complexity index is 151. The van der Waals surface area contributed by atoms with Gasteiger partial charge in [-0.1, -0.05) is 6.92 Å². The van der Waals surface area contributed by atoms with Crippen molar-refractivity contribution >= 4 is 17.7 Å². The SMILES string of the molecule is COC(=O)[C@@H](C)CSC[C@H](O)CO. The molecule has 13 heavy (non-hydrogen) atoms. The van der Waals surface area contributed by atoms with E-state index >= 15 is 0 Å². The van der Waals surface area contributed by atoms with Crippen LogP contribution in [0.2, 0.25) is 0 Å². The van der Waals surface area contributed by atoms with Gasteiger partial charge in [-0.15, -0.1) is 0 Å². The van der Waals surface area contributed by atoms with Gasteiger partial charge in [0.25, 0.3) is 0 Å². The summed E-state index contributed by atoms with van der Waals surface area (Å²) in [6.07, 6.45) is -0.699. The molecule has 78 valence electrons. The van der Waals surface area contributed by atoms with Gasteiger partial charge in [0.05, 0.1) is 25.7 Å². The van der Waals surface area contributed by atoms with E-state index in [9.17, 15) is 4.79 Å². The molecular weight excluding hydrogens is 192 g/mol. The fourth-order valence-corrected chi connectivity index (χ4v) is 1.71. The van der Waals surface area contributed by atoms with Crippen LogP contribution in [0.5, 0.6) is 0 Å². The quantitative estimate of drug-likeness (QED) is 0.596. The summed E-state index contributed by atoms with van der Waals surface area (Å²) >= 11 is 1.43. The van der Waals surface area contributed by atoms with Crippen molar-refractivity contribution in [1.29, 1.82) is 0 Å². The predicted octanol–water partition coefficient (Wildman–Crippen LogP) is -0.118. The van der Waals surface area contributed by atoms with Crippen LogP contribution in [-0.2, 0) is 9.53 Å². The van der Waals surface area contributed by atoms with Crippen molar-refractivity contribution in [2.24, 2.45) is 5.92 Å². The number of ether oxygens (including phenoxy) is 1. The Labute approximate surface area is 82.3 Å². The molecule has 4 nitrogen and oxygen atoms in total. The molecule has 2 atom stereocenters. The lowest BCUT2D eigenvalue weighted by molar-refractivity contribution is -0.143. The average molecular weight is 208 g/mol. The second-order valence-electron chi connectivity index (χ2n) is 2.80. The van der Waals surface area contributed by atoms with E-state index in [-0.39, 0.29) is 18.5 Å². The Hall–Kier alpha value is -0.260. The Morgan fingerprint density at radius 1 is 1.54 bits per heavy atom. The van der Waals surface area contributed by atoms with Crippen molar-refractivity contribution in [1.82, 2.24) is 0 Å². The van der Waals surface area contributed by atoms with Gasteiger partial charge in [-0.3, -0.25) is 4.79 Å². The van der Waals surface area contributed by atoms with Gasteiger partial charge in [-0.2, -0.15) is 11.8 Å². The van der Waals surface area contributed by atoms with Gasteiger partial charge >= 0.3 is 5.97 Å². The first-order valence-corrected chi connectivity index (χ1v) is 5.21. The molecule has 0 spiro atoms. The molecule has 0 aromatic heterocycles. The summed E-state index contributed by atoms with van der Waals surface area (Å²) in [5.41, 5.74) is 0. The minimum absolute atomic E-state index is 0.166. The molecule has 0 unspecified atom stereocenters. The van der Waals surface area contributed by atoms with Crippen LogP contribution in [0.1, 0.15) is 6.92 Å². The van der Waals surface area contributed by atoms with E-state index in [1.807, 2.05) is 0 Å². The molecule has 5 heteroatoms. The number of aliphatic hydroxyl groups excluding tert-OH is 2. The number of methoxy groups -OCH3 is 1.